The first-order valence-electron chi connectivity index (χ1n) is 21.3. The fourth-order valence-corrected chi connectivity index (χ4v) is 9.03. The summed E-state index contributed by atoms with van der Waals surface area (Å²) < 4.78 is 2.86. The number of primary amides is 2. The molecule has 6 heterocycles. The highest BCUT2D eigenvalue weighted by Gasteiger charge is 2.16. The molecule has 0 saturated carbocycles. The molecule has 2 atom stereocenters. The Labute approximate surface area is 389 Å². The fourth-order valence-electron chi connectivity index (χ4n) is 7.27. The second-order valence-electron chi connectivity index (χ2n) is 16.4. The monoisotopic (exact) mass is 924 g/mol. The number of aryl methyl sites for hydroxylation is 6. The molecule has 18 heteroatoms. The zero-order valence-corrected chi connectivity index (χ0v) is 39.7. The number of nitrogens with one attached hydrogen (secondary N) is 2. The van der Waals surface area contributed by atoms with Gasteiger partial charge in [-0.2, -0.15) is 0 Å². The zero-order valence-electron chi connectivity index (χ0n) is 38.1. The first-order valence-corrected chi connectivity index (χ1v) is 22.9. The Balaban J connectivity index is 0.000000196. The van der Waals surface area contributed by atoms with Crippen molar-refractivity contribution in [1.82, 2.24) is 39.0 Å². The first-order chi connectivity index (χ1) is 31.4. The average Bonchev–Trinajstić information content (AvgIpc) is 3.80. The van der Waals surface area contributed by atoms with E-state index in [4.69, 9.17) is 11.5 Å². The Bertz CT molecular complexity index is 3030. The number of rotatable bonds is 14. The maximum atomic E-state index is 13.0. The van der Waals surface area contributed by atoms with E-state index in [1.54, 1.807) is 48.9 Å². The molecule has 0 aliphatic carbocycles. The van der Waals surface area contributed by atoms with Crippen LogP contribution < -0.4 is 33.2 Å². The molecule has 0 fully saturated rings. The lowest BCUT2D eigenvalue weighted by Gasteiger charge is -2.12. The van der Waals surface area contributed by atoms with Gasteiger partial charge in [-0.15, -0.1) is 22.7 Å². The summed E-state index contributed by atoms with van der Waals surface area (Å²) in [5.74, 6) is -1.84. The Kier molecular flexibility index (Phi) is 14.1. The van der Waals surface area contributed by atoms with Crippen LogP contribution in [0.3, 0.4) is 0 Å². The van der Waals surface area contributed by atoms with Gasteiger partial charge in [0.25, 0.3) is 11.1 Å². The topological polar surface area (TPSA) is 232 Å². The van der Waals surface area contributed by atoms with Gasteiger partial charge in [0.1, 0.15) is 0 Å². The highest BCUT2D eigenvalue weighted by atomic mass is 32.1. The van der Waals surface area contributed by atoms with E-state index in [1.165, 1.54) is 31.5 Å². The molecule has 6 N–H and O–H groups in total. The predicted molar refractivity (Wildman–Crippen MR) is 262 cm³/mol. The second-order valence-corrected chi connectivity index (χ2v) is 19.0. The van der Waals surface area contributed by atoms with E-state index < -0.39 is 23.7 Å². The van der Waals surface area contributed by atoms with Crippen molar-refractivity contribution < 1.29 is 9.59 Å². The van der Waals surface area contributed by atoms with Crippen LogP contribution in [0.25, 0.3) is 44.1 Å². The third-order valence-corrected chi connectivity index (χ3v) is 13.4. The van der Waals surface area contributed by atoms with Crippen LogP contribution in [0, 0.1) is 53.4 Å². The van der Waals surface area contributed by atoms with Gasteiger partial charge in [0.05, 0.1) is 104 Å². The molecule has 2 amide bonds. The number of nitrogens with two attached hydrogens (primary N) is 2. The van der Waals surface area contributed by atoms with Crippen molar-refractivity contribution in [2.75, 3.05) is 10.6 Å². The summed E-state index contributed by atoms with van der Waals surface area (Å²) in [7, 11) is 0. The number of amides is 2. The van der Waals surface area contributed by atoms with E-state index in [2.05, 4.69) is 40.5 Å². The SMILES string of the molecule is Cc1nc(C)c(CNc2cc(-c3ccc4ncn(C[C@@H](C)C(N)=O)c(=O)c4c3)cnc2C)s1.Cc1nc(C)c(CNc2cc(-c3ccc4ncn(C[C@H](C)C(N)=O)c(=O)c4c3)cnc2C)s1. The third kappa shape index (κ3) is 10.7. The van der Waals surface area contributed by atoms with Gasteiger partial charge in [-0.05, 0) is 89.1 Å². The lowest BCUT2D eigenvalue weighted by Crippen LogP contribution is -2.30. The van der Waals surface area contributed by atoms with Gasteiger partial charge < -0.3 is 22.1 Å². The predicted octanol–water partition coefficient (Wildman–Crippen LogP) is 7.15. The van der Waals surface area contributed by atoms with E-state index in [1.807, 2.05) is 90.1 Å². The van der Waals surface area contributed by atoms with Gasteiger partial charge in [0.15, 0.2) is 0 Å². The number of pyridine rings is 2. The van der Waals surface area contributed by atoms with Crippen molar-refractivity contribution in [3.05, 3.63) is 137 Å². The molecule has 16 nitrogen and oxygen atoms in total. The Hall–Kier alpha value is -7.18. The summed E-state index contributed by atoms with van der Waals surface area (Å²) >= 11 is 3.37. The molecule has 2 aromatic carbocycles. The van der Waals surface area contributed by atoms with E-state index in [-0.39, 0.29) is 24.2 Å². The number of carbonyl (C=O) groups is 2. The minimum absolute atomic E-state index is 0.192. The quantitative estimate of drug-likeness (QED) is 0.0852. The van der Waals surface area contributed by atoms with Crippen LogP contribution >= 0.6 is 22.7 Å². The number of carbonyl (C=O) groups excluding carboxylic acids is 2. The van der Waals surface area contributed by atoms with Gasteiger partial charge in [0.2, 0.25) is 11.8 Å². The van der Waals surface area contributed by atoms with Crippen molar-refractivity contribution in [3.63, 3.8) is 0 Å². The minimum atomic E-state index is -0.467. The molecule has 0 aliphatic rings. The van der Waals surface area contributed by atoms with Gasteiger partial charge in [-0.1, -0.05) is 26.0 Å². The highest BCUT2D eigenvalue weighted by Crippen LogP contribution is 2.29. The van der Waals surface area contributed by atoms with Crippen molar-refractivity contribution in [2.24, 2.45) is 23.3 Å². The van der Waals surface area contributed by atoms with E-state index in [0.717, 1.165) is 66.4 Å². The van der Waals surface area contributed by atoms with Gasteiger partial charge in [0, 0.05) is 46.4 Å². The van der Waals surface area contributed by atoms with E-state index >= 15 is 0 Å². The lowest BCUT2D eigenvalue weighted by atomic mass is 10.0. The minimum Gasteiger partial charge on any atom is -0.379 e. The number of thiazole rings is 2. The lowest BCUT2D eigenvalue weighted by molar-refractivity contribution is -0.122. The molecule has 8 rings (SSSR count). The first kappa shape index (κ1) is 46.8. The molecule has 8 aromatic rings. The summed E-state index contributed by atoms with van der Waals surface area (Å²) in [6, 6.07) is 15.2. The van der Waals surface area contributed by atoms with Crippen LogP contribution in [-0.4, -0.2) is 50.9 Å². The summed E-state index contributed by atoms with van der Waals surface area (Å²) in [5.41, 5.74) is 20.7. The zero-order chi connectivity index (χ0) is 47.4. The average molecular weight is 925 g/mol. The standard InChI is InChI=1S/2C24H26N6O2S/c2*1-13(23(25)31)11-30-12-28-20-6-5-17(7-19(20)24(30)32)18-8-21(14(2)26-9-18)27-10-22-15(3)29-16(4)33-22/h2*5-9,12-13,27H,10-11H2,1-4H3,(H2,25,31)/t2*13-/m10/s1. The maximum Gasteiger partial charge on any atom is 0.261 e. The molecule has 0 radical (unpaired) electrons. The Morgan fingerprint density at radius 1 is 0.576 bits per heavy atom. The fraction of sp³-hybridized carbons (Fsp3) is 0.292. The number of nitrogens with zero attached hydrogens (tertiary/aromatic N) is 8. The van der Waals surface area contributed by atoms with Crippen LogP contribution in [0.5, 0.6) is 0 Å². The molecular weight excluding hydrogens is 873 g/mol. The smallest absolute Gasteiger partial charge is 0.261 e. The highest BCUT2D eigenvalue weighted by molar-refractivity contribution is 7.12. The number of fused-ring (bicyclic) bond motifs is 2. The van der Waals surface area contributed by atoms with Crippen molar-refractivity contribution >= 4 is 67.7 Å². The number of hydrogen-bond acceptors (Lipinski definition) is 14. The molecule has 340 valence electrons. The Morgan fingerprint density at radius 2 is 0.970 bits per heavy atom. The largest absolute Gasteiger partial charge is 0.379 e. The molecule has 0 aliphatic heterocycles. The van der Waals surface area contributed by atoms with E-state index in [9.17, 15) is 19.2 Å². The number of aromatic nitrogens is 8. The third-order valence-electron chi connectivity index (χ3n) is 11.3. The van der Waals surface area contributed by atoms with Crippen LogP contribution in [0.1, 0.15) is 56.4 Å². The molecular formula is C48H52N12O4S2. The molecule has 0 spiro atoms. The van der Waals surface area contributed by atoms with Crippen LogP contribution in [0.2, 0.25) is 0 Å². The summed E-state index contributed by atoms with van der Waals surface area (Å²) in [6.45, 7) is 17.1. The molecule has 6 aromatic heterocycles. The number of benzene rings is 2. The summed E-state index contributed by atoms with van der Waals surface area (Å²) in [4.78, 5) is 78.1. The van der Waals surface area contributed by atoms with Crippen molar-refractivity contribution in [1.29, 1.82) is 0 Å². The van der Waals surface area contributed by atoms with E-state index in [0.29, 0.717) is 34.9 Å². The number of anilines is 2. The normalized spacial score (nSPS) is 12.1. The van der Waals surface area contributed by atoms with Crippen LogP contribution in [0.4, 0.5) is 11.4 Å². The molecule has 0 saturated heterocycles. The van der Waals surface area contributed by atoms with Gasteiger partial charge in [-0.3, -0.25) is 38.3 Å². The van der Waals surface area contributed by atoms with Crippen LogP contribution in [0.15, 0.2) is 83.2 Å². The molecule has 0 unspecified atom stereocenters. The summed E-state index contributed by atoms with van der Waals surface area (Å²) in [5, 5.41) is 10.0. The summed E-state index contributed by atoms with van der Waals surface area (Å²) in [6.07, 6.45) is 6.52. The molecule has 66 heavy (non-hydrogen) atoms. The van der Waals surface area contributed by atoms with Gasteiger partial charge >= 0.3 is 0 Å². The molecule has 0 bridgehead atoms. The Morgan fingerprint density at radius 3 is 1.32 bits per heavy atom. The van der Waals surface area contributed by atoms with Crippen LogP contribution in [-0.2, 0) is 35.8 Å². The van der Waals surface area contributed by atoms with Crippen molar-refractivity contribution in [2.45, 2.75) is 81.6 Å². The second kappa shape index (κ2) is 19.9. The van der Waals surface area contributed by atoms with Crippen molar-refractivity contribution in [3.8, 4) is 22.3 Å². The maximum absolute atomic E-state index is 13.0. The van der Waals surface area contributed by atoms with Gasteiger partial charge in [-0.25, -0.2) is 19.9 Å². The number of hydrogen-bond donors (Lipinski definition) is 4.